The van der Waals surface area contributed by atoms with Crippen LogP contribution in [0.15, 0.2) is 41.5 Å². The summed E-state index contributed by atoms with van der Waals surface area (Å²) in [7, 11) is 0. The average Bonchev–Trinajstić information content (AvgIpc) is 2.79. The first-order valence-electron chi connectivity index (χ1n) is 7.54. The minimum atomic E-state index is 0. The van der Waals surface area contributed by atoms with Gasteiger partial charge in [0.2, 0.25) is 0 Å². The van der Waals surface area contributed by atoms with Gasteiger partial charge in [0.25, 0.3) is 0 Å². The van der Waals surface area contributed by atoms with Gasteiger partial charge in [-0.1, -0.05) is 55.6 Å². The quantitative estimate of drug-likeness (QED) is 0.388. The van der Waals surface area contributed by atoms with E-state index in [0.29, 0.717) is 6.54 Å². The van der Waals surface area contributed by atoms with Crippen LogP contribution in [0.1, 0.15) is 58.1 Å². The number of halogens is 2. The number of unbranched alkanes of at least 4 members (excludes halogenated alkanes) is 1. The Hall–Kier alpha value is -0.176. The number of allylic oxidation sites excluding steroid dienone is 4. The molecule has 1 nitrogen and oxygen atoms in total. The molecule has 0 bridgehead atoms. The van der Waals surface area contributed by atoms with Crippen molar-refractivity contribution in [2.24, 2.45) is 0 Å². The second kappa shape index (κ2) is 15.4. The summed E-state index contributed by atoms with van der Waals surface area (Å²) in [5.74, 6) is 0. The minimum Gasteiger partial charge on any atom is -0.677 e. The molecule has 0 saturated carbocycles. The molecule has 128 valence electrons. The summed E-state index contributed by atoms with van der Waals surface area (Å²) >= 11 is 0. The Bertz CT molecular complexity index is 494. The van der Waals surface area contributed by atoms with E-state index in [1.165, 1.54) is 27.8 Å². The molecule has 23 heavy (non-hydrogen) atoms. The van der Waals surface area contributed by atoms with Gasteiger partial charge in [0.05, 0.1) is 0 Å². The van der Waals surface area contributed by atoms with Gasteiger partial charge in [-0.25, -0.2) is 0 Å². The first-order chi connectivity index (χ1) is 9.63. The number of nitrogens with one attached hydrogen (secondary N) is 1. The molecule has 1 aliphatic rings. The van der Waals surface area contributed by atoms with E-state index in [2.05, 4.69) is 64.5 Å². The molecule has 0 heterocycles. The van der Waals surface area contributed by atoms with Crippen LogP contribution in [0.3, 0.4) is 0 Å². The van der Waals surface area contributed by atoms with Gasteiger partial charge in [-0.3, -0.25) is 0 Å². The maximum absolute atomic E-state index is 6.60. The van der Waals surface area contributed by atoms with Gasteiger partial charge in [-0.2, -0.15) is 24.6 Å². The smallest absolute Gasteiger partial charge is 0.677 e. The number of benzene rings is 1. The standard InChI is InChI=1S/C15H17.C4H10N.2ClH.Ti/c1-4-13-7-5-6-8-14(13)15-10-11(2)9-12(15)3;1-2-3-4-5;;;/h4-9H,10H2,1-3H3;5H,2-4H2,1H3;2*1H;/q2*-1;;;+2. The second-order valence-electron chi connectivity index (χ2n) is 5.31. The number of hydrogen-bond donors (Lipinski definition) is 0. The Morgan fingerprint density at radius 2 is 1.74 bits per heavy atom. The zero-order valence-electron chi connectivity index (χ0n) is 14.6. The van der Waals surface area contributed by atoms with E-state index >= 15 is 0 Å². The summed E-state index contributed by atoms with van der Waals surface area (Å²) in [4.78, 5) is 0. The molecule has 0 radical (unpaired) electrons. The fourth-order valence-electron chi connectivity index (χ4n) is 2.43. The van der Waals surface area contributed by atoms with E-state index < -0.39 is 0 Å². The Morgan fingerprint density at radius 1 is 1.13 bits per heavy atom. The zero-order valence-corrected chi connectivity index (χ0v) is 17.8. The molecule has 0 saturated heterocycles. The topological polar surface area (TPSA) is 23.8 Å². The van der Waals surface area contributed by atoms with Crippen molar-refractivity contribution in [3.8, 4) is 0 Å². The third-order valence-electron chi connectivity index (χ3n) is 3.52. The van der Waals surface area contributed by atoms with Crippen LogP contribution < -0.4 is 0 Å². The molecule has 0 spiro atoms. The molecule has 0 atom stereocenters. The van der Waals surface area contributed by atoms with Crippen LogP contribution in [0.2, 0.25) is 0 Å². The maximum atomic E-state index is 6.60. The molecule has 0 unspecified atom stereocenters. The van der Waals surface area contributed by atoms with Gasteiger partial charge in [-0.05, 0) is 20.3 Å². The van der Waals surface area contributed by atoms with Crippen LogP contribution in [0.5, 0.6) is 0 Å². The molecule has 4 heteroatoms. The van der Waals surface area contributed by atoms with E-state index in [9.17, 15) is 0 Å². The fourth-order valence-corrected chi connectivity index (χ4v) is 2.43. The predicted octanol–water partition coefficient (Wildman–Crippen LogP) is 7.06. The molecule has 0 amide bonds. The second-order valence-corrected chi connectivity index (χ2v) is 5.31. The van der Waals surface area contributed by atoms with Crippen molar-refractivity contribution in [1.82, 2.24) is 0 Å². The summed E-state index contributed by atoms with van der Waals surface area (Å²) in [5.41, 5.74) is 13.7. The van der Waals surface area contributed by atoms with Crippen LogP contribution in [0.25, 0.3) is 11.3 Å². The van der Waals surface area contributed by atoms with Gasteiger partial charge in [0, 0.05) is 0 Å². The van der Waals surface area contributed by atoms with E-state index in [-0.39, 0.29) is 46.5 Å². The van der Waals surface area contributed by atoms with Crippen LogP contribution in [-0.2, 0) is 21.7 Å². The summed E-state index contributed by atoms with van der Waals surface area (Å²) < 4.78 is 0. The largest absolute Gasteiger partial charge is 2.00 e. The van der Waals surface area contributed by atoms with Crippen molar-refractivity contribution in [3.63, 3.8) is 0 Å². The third kappa shape index (κ3) is 9.03. The third-order valence-corrected chi connectivity index (χ3v) is 3.52. The number of rotatable bonds is 4. The molecule has 1 aromatic carbocycles. The van der Waals surface area contributed by atoms with Crippen molar-refractivity contribution in [1.29, 1.82) is 0 Å². The molecule has 1 aliphatic carbocycles. The Balaban J connectivity index is -0.000000444. The zero-order chi connectivity index (χ0) is 15.0. The van der Waals surface area contributed by atoms with Crippen LogP contribution in [0, 0.1) is 6.42 Å². The fraction of sp³-hybridized carbons (Fsp3) is 0.421. The first-order valence-corrected chi connectivity index (χ1v) is 7.54. The Kier molecular flexibility index (Phi) is 18.5. The molecule has 0 aromatic heterocycles. The Morgan fingerprint density at radius 3 is 2.13 bits per heavy atom. The molecular formula is C19H29Cl2NTi. The van der Waals surface area contributed by atoms with Crippen molar-refractivity contribution in [3.05, 3.63) is 64.8 Å². The maximum Gasteiger partial charge on any atom is 2.00 e. The van der Waals surface area contributed by atoms with Gasteiger partial charge in [-0.15, -0.1) is 42.5 Å². The minimum absolute atomic E-state index is 0. The molecular weight excluding hydrogens is 361 g/mol. The normalized spacial score (nSPS) is 12.0. The summed E-state index contributed by atoms with van der Waals surface area (Å²) in [6.45, 7) is 9.20. The monoisotopic (exact) mass is 389 g/mol. The van der Waals surface area contributed by atoms with Crippen LogP contribution >= 0.6 is 24.8 Å². The van der Waals surface area contributed by atoms with E-state index in [1.807, 2.05) is 0 Å². The van der Waals surface area contributed by atoms with Crippen LogP contribution in [0.4, 0.5) is 0 Å². The summed E-state index contributed by atoms with van der Waals surface area (Å²) in [6.07, 6.45) is 7.80. The van der Waals surface area contributed by atoms with Gasteiger partial charge >= 0.3 is 21.7 Å². The van der Waals surface area contributed by atoms with Gasteiger partial charge in [0.15, 0.2) is 0 Å². The van der Waals surface area contributed by atoms with Crippen molar-refractivity contribution >= 4 is 30.4 Å². The van der Waals surface area contributed by atoms with E-state index in [4.69, 9.17) is 5.73 Å². The molecule has 2 rings (SSSR count). The Labute approximate surface area is 169 Å². The van der Waals surface area contributed by atoms with Crippen molar-refractivity contribution in [2.75, 3.05) is 6.54 Å². The molecule has 1 aromatic rings. The van der Waals surface area contributed by atoms with E-state index in [0.717, 1.165) is 19.3 Å². The van der Waals surface area contributed by atoms with Gasteiger partial charge in [0.1, 0.15) is 0 Å². The van der Waals surface area contributed by atoms with E-state index in [1.54, 1.807) is 0 Å². The van der Waals surface area contributed by atoms with Gasteiger partial charge < -0.3 is 5.73 Å². The SMILES string of the molecule is CCCC[NH-].C[CH-]c1ccccc1C1=C(C)C=C(C)C1.Cl.Cl.[Ti+2]. The average molecular weight is 390 g/mol. The molecule has 0 fully saturated rings. The van der Waals surface area contributed by atoms with Crippen molar-refractivity contribution < 1.29 is 21.7 Å². The molecule has 1 N–H and O–H groups in total. The summed E-state index contributed by atoms with van der Waals surface area (Å²) in [6, 6.07) is 8.63. The van der Waals surface area contributed by atoms with Crippen molar-refractivity contribution in [2.45, 2.75) is 47.0 Å². The summed E-state index contributed by atoms with van der Waals surface area (Å²) in [5, 5.41) is 0. The first kappa shape index (κ1) is 27.7. The predicted molar refractivity (Wildman–Crippen MR) is 105 cm³/mol. The van der Waals surface area contributed by atoms with Crippen LogP contribution in [-0.4, -0.2) is 6.54 Å². The molecule has 0 aliphatic heterocycles. The number of hydrogen-bond acceptors (Lipinski definition) is 0.